The Morgan fingerprint density at radius 1 is 1.29 bits per heavy atom. The number of nitro benzene ring substituents is 1. The molecule has 0 aliphatic carbocycles. The van der Waals surface area contributed by atoms with Crippen molar-refractivity contribution in [3.63, 3.8) is 0 Å². The first-order chi connectivity index (χ1) is 11.3. The number of ether oxygens (including phenoxy) is 2. The lowest BCUT2D eigenvalue weighted by molar-refractivity contribution is -0.385. The number of nitrogens with zero attached hydrogens (tertiary/aromatic N) is 2. The van der Waals surface area contributed by atoms with Crippen molar-refractivity contribution in [1.82, 2.24) is 4.90 Å². The first-order valence-electron chi connectivity index (χ1n) is 7.29. The number of carbonyl (C=O) groups is 2. The second kappa shape index (κ2) is 9.29. The minimum atomic E-state index is -0.784. The monoisotopic (exact) mass is 336 g/mol. The fraction of sp³-hybridized carbons (Fsp3) is 0.375. The van der Waals surface area contributed by atoms with E-state index in [1.807, 2.05) is 0 Å². The lowest BCUT2D eigenvalue weighted by atomic mass is 10.3. The lowest BCUT2D eigenvalue weighted by Crippen LogP contribution is -2.36. The summed E-state index contributed by atoms with van der Waals surface area (Å²) in [6.45, 7) is 7.25. The summed E-state index contributed by atoms with van der Waals surface area (Å²) < 4.78 is 9.92. The number of rotatable bonds is 9. The van der Waals surface area contributed by atoms with Crippen LogP contribution in [0.15, 0.2) is 36.4 Å². The van der Waals surface area contributed by atoms with Crippen LogP contribution < -0.4 is 4.74 Å². The minimum absolute atomic E-state index is 0.0387. The van der Waals surface area contributed by atoms with E-state index in [9.17, 15) is 19.7 Å². The van der Waals surface area contributed by atoms with Gasteiger partial charge in [0, 0.05) is 19.2 Å². The van der Waals surface area contributed by atoms with Crippen LogP contribution in [0.3, 0.4) is 0 Å². The van der Waals surface area contributed by atoms with Crippen LogP contribution in [0.25, 0.3) is 0 Å². The van der Waals surface area contributed by atoms with E-state index < -0.39 is 24.1 Å². The predicted octanol–water partition coefficient (Wildman–Crippen LogP) is 1.94. The van der Waals surface area contributed by atoms with Crippen LogP contribution in [-0.2, 0) is 14.3 Å². The smallest absolute Gasteiger partial charge is 0.344 e. The van der Waals surface area contributed by atoms with E-state index in [1.165, 1.54) is 23.1 Å². The van der Waals surface area contributed by atoms with Crippen LogP contribution in [0, 0.1) is 10.1 Å². The molecule has 1 aromatic carbocycles. The summed E-state index contributed by atoms with van der Waals surface area (Å²) in [6, 6.07) is 5.68. The van der Waals surface area contributed by atoms with Crippen molar-refractivity contribution in [2.24, 2.45) is 0 Å². The van der Waals surface area contributed by atoms with Gasteiger partial charge in [0.25, 0.3) is 5.91 Å². The molecule has 0 radical (unpaired) electrons. The zero-order valence-corrected chi connectivity index (χ0v) is 13.7. The topological polar surface area (TPSA) is 99.0 Å². The highest BCUT2D eigenvalue weighted by Gasteiger charge is 2.17. The highest BCUT2D eigenvalue weighted by Crippen LogP contribution is 2.25. The fourth-order valence-corrected chi connectivity index (χ4v) is 1.84. The van der Waals surface area contributed by atoms with E-state index >= 15 is 0 Å². The molecule has 8 nitrogen and oxygen atoms in total. The van der Waals surface area contributed by atoms with Crippen LogP contribution in [0.1, 0.15) is 13.8 Å². The van der Waals surface area contributed by atoms with E-state index in [0.717, 1.165) is 5.57 Å². The number of carbonyl (C=O) groups excluding carboxylic acids is 2. The third-order valence-electron chi connectivity index (χ3n) is 2.96. The Hall–Kier alpha value is -2.90. The molecule has 1 aromatic rings. The van der Waals surface area contributed by atoms with Gasteiger partial charge in [-0.25, -0.2) is 4.79 Å². The van der Waals surface area contributed by atoms with E-state index in [-0.39, 0.29) is 17.3 Å². The normalized spacial score (nSPS) is 9.92. The number of para-hydroxylation sites is 2. The van der Waals surface area contributed by atoms with Gasteiger partial charge < -0.3 is 14.4 Å². The highest BCUT2D eigenvalue weighted by molar-refractivity contribution is 5.81. The van der Waals surface area contributed by atoms with Crippen molar-refractivity contribution in [3.8, 4) is 5.75 Å². The second-order valence-electron chi connectivity index (χ2n) is 5.04. The van der Waals surface area contributed by atoms with Gasteiger partial charge >= 0.3 is 11.7 Å². The maximum absolute atomic E-state index is 11.9. The number of nitro groups is 1. The maximum atomic E-state index is 11.9. The molecule has 0 aliphatic heterocycles. The van der Waals surface area contributed by atoms with E-state index in [2.05, 4.69) is 6.58 Å². The molecule has 0 spiro atoms. The Kier molecular flexibility index (Phi) is 7.41. The summed E-state index contributed by atoms with van der Waals surface area (Å²) in [4.78, 5) is 35.3. The fourth-order valence-electron chi connectivity index (χ4n) is 1.84. The zero-order valence-electron chi connectivity index (χ0n) is 13.7. The number of benzene rings is 1. The van der Waals surface area contributed by atoms with Crippen LogP contribution >= 0.6 is 0 Å². The van der Waals surface area contributed by atoms with Crippen LogP contribution in [0.2, 0.25) is 0 Å². The standard InChI is InChI=1S/C16H20N2O6/c1-4-17(9-12(2)3)15(19)10-24-16(20)11-23-14-8-6-5-7-13(14)18(21)22/h5-8H,2,4,9-11H2,1,3H3. The molecular formula is C16H20N2O6. The SMILES string of the molecule is C=C(C)CN(CC)C(=O)COC(=O)COc1ccccc1[N+](=O)[O-]. The molecule has 0 saturated heterocycles. The van der Waals surface area contributed by atoms with Crippen molar-refractivity contribution >= 4 is 17.6 Å². The average molecular weight is 336 g/mol. The summed E-state index contributed by atoms with van der Waals surface area (Å²) in [7, 11) is 0. The molecule has 0 bridgehead atoms. The molecule has 0 atom stereocenters. The summed E-state index contributed by atoms with van der Waals surface area (Å²) >= 11 is 0. The van der Waals surface area contributed by atoms with Crippen molar-refractivity contribution in [1.29, 1.82) is 0 Å². The van der Waals surface area contributed by atoms with Gasteiger partial charge in [0.15, 0.2) is 19.0 Å². The Labute approximate surface area is 139 Å². The van der Waals surface area contributed by atoms with Crippen molar-refractivity contribution in [3.05, 3.63) is 46.5 Å². The lowest BCUT2D eigenvalue weighted by Gasteiger charge is -2.20. The predicted molar refractivity (Wildman–Crippen MR) is 86.6 cm³/mol. The molecule has 1 amide bonds. The van der Waals surface area contributed by atoms with Crippen LogP contribution in [0.5, 0.6) is 5.75 Å². The molecule has 0 saturated carbocycles. The molecule has 130 valence electrons. The van der Waals surface area contributed by atoms with E-state index in [0.29, 0.717) is 13.1 Å². The number of amides is 1. The molecule has 0 fully saturated rings. The summed E-state index contributed by atoms with van der Waals surface area (Å²) in [5.41, 5.74) is 0.566. The Balaban J connectivity index is 2.49. The molecule has 24 heavy (non-hydrogen) atoms. The quantitative estimate of drug-likeness (QED) is 0.296. The van der Waals surface area contributed by atoms with Crippen LogP contribution in [0.4, 0.5) is 5.69 Å². The molecule has 0 aromatic heterocycles. The molecular weight excluding hydrogens is 316 g/mol. The third kappa shape index (κ3) is 6.07. The molecule has 0 unspecified atom stereocenters. The van der Waals surface area contributed by atoms with Gasteiger partial charge in [0.05, 0.1) is 4.92 Å². The number of likely N-dealkylation sites (N-methyl/N-ethyl adjacent to an activating group) is 1. The molecule has 1 rings (SSSR count). The van der Waals surface area contributed by atoms with E-state index in [4.69, 9.17) is 9.47 Å². The number of esters is 1. The molecule has 0 N–H and O–H groups in total. The van der Waals surface area contributed by atoms with Crippen LogP contribution in [-0.4, -0.2) is 48.0 Å². The van der Waals surface area contributed by atoms with Crippen molar-refractivity contribution in [2.75, 3.05) is 26.3 Å². The maximum Gasteiger partial charge on any atom is 0.344 e. The zero-order chi connectivity index (χ0) is 18.1. The Morgan fingerprint density at radius 2 is 1.96 bits per heavy atom. The third-order valence-corrected chi connectivity index (χ3v) is 2.96. The van der Waals surface area contributed by atoms with Gasteiger partial charge in [-0.05, 0) is 19.9 Å². The number of hydrogen-bond acceptors (Lipinski definition) is 6. The highest BCUT2D eigenvalue weighted by atomic mass is 16.6. The first kappa shape index (κ1) is 19.1. The molecule has 0 aliphatic rings. The Morgan fingerprint density at radius 3 is 2.54 bits per heavy atom. The first-order valence-corrected chi connectivity index (χ1v) is 7.29. The molecule has 8 heteroatoms. The van der Waals surface area contributed by atoms with Crippen molar-refractivity contribution in [2.45, 2.75) is 13.8 Å². The van der Waals surface area contributed by atoms with Gasteiger partial charge in [-0.3, -0.25) is 14.9 Å². The van der Waals surface area contributed by atoms with Crippen molar-refractivity contribution < 1.29 is 24.0 Å². The molecule has 0 heterocycles. The largest absolute Gasteiger partial charge is 0.475 e. The second-order valence-corrected chi connectivity index (χ2v) is 5.04. The van der Waals surface area contributed by atoms with E-state index in [1.54, 1.807) is 19.9 Å². The minimum Gasteiger partial charge on any atom is -0.475 e. The Bertz CT molecular complexity index is 629. The van der Waals surface area contributed by atoms with Gasteiger partial charge in [-0.15, -0.1) is 0 Å². The summed E-state index contributed by atoms with van der Waals surface area (Å²) in [6.07, 6.45) is 0. The van der Waals surface area contributed by atoms with Gasteiger partial charge in [-0.2, -0.15) is 0 Å². The van der Waals surface area contributed by atoms with Gasteiger partial charge in [0.1, 0.15) is 0 Å². The summed E-state index contributed by atoms with van der Waals surface area (Å²) in [5, 5.41) is 10.8. The summed E-state index contributed by atoms with van der Waals surface area (Å²) in [5.74, 6) is -1.17. The average Bonchev–Trinajstić information content (AvgIpc) is 2.55. The number of hydrogen-bond donors (Lipinski definition) is 0. The van der Waals surface area contributed by atoms with Gasteiger partial charge in [0.2, 0.25) is 0 Å². The van der Waals surface area contributed by atoms with Gasteiger partial charge in [-0.1, -0.05) is 24.3 Å².